The summed E-state index contributed by atoms with van der Waals surface area (Å²) < 4.78 is 57.5. The minimum atomic E-state index is -4.53. The average Bonchev–Trinajstić information content (AvgIpc) is 3.30. The standard InChI is InChI=1S/C26H25F4N5O2S/c1-25(2,3)37-24(36)33-19(10-15-4-8-20(31-13-15)26(28,29)30)7-9-22-34-35-23(38-22)16-5-6-17-14-32-21(27)12-18(17)11-16/h4-6,8,11-14,19H,7,9-10H2,1-3H3,(H,33,36)/t19-/m1/s1. The van der Waals surface area contributed by atoms with Crippen molar-refractivity contribution in [2.24, 2.45) is 0 Å². The van der Waals surface area contributed by atoms with E-state index in [4.69, 9.17) is 4.74 Å². The number of halogens is 4. The third kappa shape index (κ3) is 7.44. The number of fused-ring (bicyclic) bond motifs is 1. The number of carbonyl (C=O) groups excluding carboxylic acids is 1. The van der Waals surface area contributed by atoms with Crippen molar-refractivity contribution in [2.75, 3.05) is 0 Å². The van der Waals surface area contributed by atoms with E-state index in [2.05, 4.69) is 25.5 Å². The molecule has 0 radical (unpaired) electrons. The number of aryl methyl sites for hydroxylation is 1. The number of hydrogen-bond donors (Lipinski definition) is 1. The zero-order valence-corrected chi connectivity index (χ0v) is 21.7. The number of ether oxygens (including phenoxy) is 1. The molecule has 0 bridgehead atoms. The van der Waals surface area contributed by atoms with Crippen LogP contribution in [-0.2, 0) is 23.8 Å². The lowest BCUT2D eigenvalue weighted by molar-refractivity contribution is -0.141. The molecule has 0 spiro atoms. The second-order valence-corrected chi connectivity index (χ2v) is 10.8. The molecule has 4 aromatic rings. The van der Waals surface area contributed by atoms with Crippen molar-refractivity contribution >= 4 is 28.2 Å². The monoisotopic (exact) mass is 547 g/mol. The largest absolute Gasteiger partial charge is 0.444 e. The van der Waals surface area contributed by atoms with Crippen molar-refractivity contribution in [3.05, 3.63) is 71.0 Å². The van der Waals surface area contributed by atoms with Gasteiger partial charge in [-0.15, -0.1) is 10.2 Å². The van der Waals surface area contributed by atoms with Gasteiger partial charge in [-0.25, -0.2) is 9.78 Å². The first-order valence-corrected chi connectivity index (χ1v) is 12.6. The van der Waals surface area contributed by atoms with Gasteiger partial charge in [0.2, 0.25) is 5.95 Å². The molecule has 1 atom stereocenters. The smallest absolute Gasteiger partial charge is 0.433 e. The molecule has 1 amide bonds. The first kappa shape index (κ1) is 27.4. The van der Waals surface area contributed by atoms with Gasteiger partial charge in [-0.2, -0.15) is 17.6 Å². The molecule has 3 heterocycles. The van der Waals surface area contributed by atoms with Crippen molar-refractivity contribution in [1.29, 1.82) is 0 Å². The summed E-state index contributed by atoms with van der Waals surface area (Å²) in [5, 5.41) is 14.2. The molecule has 0 saturated carbocycles. The lowest BCUT2D eigenvalue weighted by Crippen LogP contribution is -2.40. The number of benzene rings is 1. The molecule has 200 valence electrons. The van der Waals surface area contributed by atoms with Gasteiger partial charge < -0.3 is 10.1 Å². The lowest BCUT2D eigenvalue weighted by Gasteiger charge is -2.23. The molecule has 1 aromatic carbocycles. The number of carbonyl (C=O) groups is 1. The fourth-order valence-corrected chi connectivity index (χ4v) is 4.56. The normalized spacial score (nSPS) is 12.9. The van der Waals surface area contributed by atoms with Gasteiger partial charge >= 0.3 is 12.3 Å². The molecule has 38 heavy (non-hydrogen) atoms. The topological polar surface area (TPSA) is 89.9 Å². The number of nitrogens with one attached hydrogen (secondary N) is 1. The van der Waals surface area contributed by atoms with Gasteiger partial charge in [0.05, 0.1) is 0 Å². The number of pyridine rings is 2. The number of amides is 1. The van der Waals surface area contributed by atoms with Crippen LogP contribution in [0, 0.1) is 5.95 Å². The quantitative estimate of drug-likeness (QED) is 0.214. The second-order valence-electron chi connectivity index (χ2n) is 9.71. The Morgan fingerprint density at radius 2 is 1.82 bits per heavy atom. The molecule has 0 aliphatic heterocycles. The number of alkyl halides is 3. The summed E-state index contributed by atoms with van der Waals surface area (Å²) in [6.07, 6.45) is -1.39. The Bertz CT molecular complexity index is 1420. The van der Waals surface area contributed by atoms with Gasteiger partial charge in [-0.1, -0.05) is 29.5 Å². The fraction of sp³-hybridized carbons (Fsp3) is 0.346. The van der Waals surface area contributed by atoms with Gasteiger partial charge in [0, 0.05) is 41.9 Å². The summed E-state index contributed by atoms with van der Waals surface area (Å²) in [5.74, 6) is -0.570. The van der Waals surface area contributed by atoms with E-state index in [1.165, 1.54) is 29.7 Å². The maximum absolute atomic E-state index is 13.5. The van der Waals surface area contributed by atoms with Crippen LogP contribution in [0.15, 0.2) is 48.8 Å². The van der Waals surface area contributed by atoms with Crippen LogP contribution in [0.25, 0.3) is 21.3 Å². The fourth-order valence-electron chi connectivity index (χ4n) is 3.71. The highest BCUT2D eigenvalue weighted by atomic mass is 32.1. The summed E-state index contributed by atoms with van der Waals surface area (Å²) in [4.78, 5) is 19.6. The van der Waals surface area contributed by atoms with Gasteiger partial charge in [0.15, 0.2) is 0 Å². The van der Waals surface area contributed by atoms with Crippen LogP contribution in [0.5, 0.6) is 0 Å². The first-order valence-electron chi connectivity index (χ1n) is 11.8. The third-order valence-electron chi connectivity index (χ3n) is 5.43. The summed E-state index contributed by atoms with van der Waals surface area (Å²) in [5.41, 5.74) is -0.370. The second kappa shape index (κ2) is 11.0. The Morgan fingerprint density at radius 1 is 1.03 bits per heavy atom. The number of nitrogens with zero attached hydrogens (tertiary/aromatic N) is 4. The molecule has 3 aromatic heterocycles. The molecule has 12 heteroatoms. The van der Waals surface area contributed by atoms with Crippen molar-refractivity contribution in [3.63, 3.8) is 0 Å². The molecule has 4 rings (SSSR count). The zero-order chi connectivity index (χ0) is 27.5. The number of alkyl carbamates (subject to hydrolysis) is 1. The van der Waals surface area contributed by atoms with E-state index in [0.717, 1.165) is 23.2 Å². The third-order valence-corrected chi connectivity index (χ3v) is 6.46. The van der Waals surface area contributed by atoms with Gasteiger partial charge in [-0.05, 0) is 56.7 Å². The summed E-state index contributed by atoms with van der Waals surface area (Å²) in [6.45, 7) is 5.21. The minimum Gasteiger partial charge on any atom is -0.444 e. The van der Waals surface area contributed by atoms with E-state index in [1.54, 1.807) is 20.8 Å². The Kier molecular flexibility index (Phi) is 7.91. The Balaban J connectivity index is 1.47. The molecule has 0 aliphatic carbocycles. The van der Waals surface area contributed by atoms with Gasteiger partial charge in [0.25, 0.3) is 0 Å². The van der Waals surface area contributed by atoms with E-state index in [9.17, 15) is 22.4 Å². The number of aromatic nitrogens is 4. The van der Waals surface area contributed by atoms with Gasteiger partial charge in [-0.3, -0.25) is 4.98 Å². The summed E-state index contributed by atoms with van der Waals surface area (Å²) in [6, 6.07) is 8.67. The minimum absolute atomic E-state index is 0.250. The SMILES string of the molecule is CC(C)(C)OC(=O)N[C@H](CCc1nnc(-c2ccc3cnc(F)cc3c2)s1)Cc1ccc(C(F)(F)F)nc1. The Labute approximate surface area is 220 Å². The van der Waals surface area contributed by atoms with Crippen molar-refractivity contribution in [1.82, 2.24) is 25.5 Å². The van der Waals surface area contributed by atoms with Crippen LogP contribution in [0.4, 0.5) is 22.4 Å². The summed E-state index contributed by atoms with van der Waals surface area (Å²) in [7, 11) is 0. The molecule has 0 saturated heterocycles. The van der Waals surface area contributed by atoms with Gasteiger partial charge in [0.1, 0.15) is 21.3 Å². The highest BCUT2D eigenvalue weighted by Crippen LogP contribution is 2.29. The highest BCUT2D eigenvalue weighted by Gasteiger charge is 2.32. The Hall–Kier alpha value is -3.67. The van der Waals surface area contributed by atoms with Crippen molar-refractivity contribution < 1.29 is 27.1 Å². The first-order chi connectivity index (χ1) is 17.9. The van der Waals surface area contributed by atoms with E-state index in [-0.39, 0.29) is 6.42 Å². The maximum atomic E-state index is 13.5. The predicted octanol–water partition coefficient (Wildman–Crippen LogP) is 6.37. The van der Waals surface area contributed by atoms with Crippen LogP contribution in [0.2, 0.25) is 0 Å². The number of rotatable bonds is 7. The van der Waals surface area contributed by atoms with Crippen molar-refractivity contribution in [2.45, 2.75) is 57.9 Å². The van der Waals surface area contributed by atoms with Crippen LogP contribution in [0.3, 0.4) is 0 Å². The van der Waals surface area contributed by atoms with Crippen LogP contribution < -0.4 is 5.32 Å². The molecular formula is C26H25F4N5O2S. The van der Waals surface area contributed by atoms with E-state index < -0.39 is 35.6 Å². The molecule has 1 N–H and O–H groups in total. The molecule has 0 unspecified atom stereocenters. The van der Waals surface area contributed by atoms with E-state index in [0.29, 0.717) is 33.8 Å². The highest BCUT2D eigenvalue weighted by molar-refractivity contribution is 7.14. The summed E-state index contributed by atoms with van der Waals surface area (Å²) >= 11 is 1.37. The van der Waals surface area contributed by atoms with E-state index in [1.807, 2.05) is 18.2 Å². The predicted molar refractivity (Wildman–Crippen MR) is 135 cm³/mol. The maximum Gasteiger partial charge on any atom is 0.433 e. The molecule has 0 fully saturated rings. The van der Waals surface area contributed by atoms with Crippen LogP contribution in [-0.4, -0.2) is 37.9 Å². The molecule has 7 nitrogen and oxygen atoms in total. The zero-order valence-electron chi connectivity index (χ0n) is 20.8. The Morgan fingerprint density at radius 3 is 2.50 bits per heavy atom. The van der Waals surface area contributed by atoms with Crippen molar-refractivity contribution in [3.8, 4) is 10.6 Å². The number of hydrogen-bond acceptors (Lipinski definition) is 7. The molecule has 0 aliphatic rings. The molecular weight excluding hydrogens is 522 g/mol. The lowest BCUT2D eigenvalue weighted by atomic mass is 10.0. The van der Waals surface area contributed by atoms with E-state index >= 15 is 0 Å². The van der Waals surface area contributed by atoms with Crippen LogP contribution >= 0.6 is 11.3 Å². The average molecular weight is 548 g/mol. The van der Waals surface area contributed by atoms with Crippen LogP contribution in [0.1, 0.15) is 43.5 Å².